The van der Waals surface area contributed by atoms with Gasteiger partial charge in [0.1, 0.15) is 0 Å². The molecule has 0 aliphatic carbocycles. The molecule has 0 radical (unpaired) electrons. The lowest BCUT2D eigenvalue weighted by molar-refractivity contribution is -0.121. The predicted octanol–water partition coefficient (Wildman–Crippen LogP) is 2.79. The van der Waals surface area contributed by atoms with Gasteiger partial charge < -0.3 is 5.32 Å². The normalized spacial score (nSPS) is 13.9. The smallest absolute Gasteiger partial charge is 0.233 e. The van der Waals surface area contributed by atoms with Crippen LogP contribution in [0.2, 0.25) is 0 Å². The molecule has 1 N–H and O–H groups in total. The molecule has 2 unspecified atom stereocenters. The summed E-state index contributed by atoms with van der Waals surface area (Å²) in [4.78, 5) is 11.9. The number of nitrogens with one attached hydrogen (secondary N) is 1. The number of amides is 1. The summed E-state index contributed by atoms with van der Waals surface area (Å²) < 4.78 is 0. The van der Waals surface area contributed by atoms with Gasteiger partial charge in [-0.3, -0.25) is 4.79 Å². The Morgan fingerprint density at radius 1 is 1.39 bits per heavy atom. The molecule has 4 heteroatoms. The van der Waals surface area contributed by atoms with E-state index in [1.807, 2.05) is 37.3 Å². The molecule has 0 heterocycles. The van der Waals surface area contributed by atoms with Crippen LogP contribution in [0.4, 0.5) is 0 Å². The number of carbonyl (C=O) groups excluding carboxylic acids is 1. The Balaban J connectivity index is 2.37. The molecular formula is C14H21NOS2. The summed E-state index contributed by atoms with van der Waals surface area (Å²) in [6.45, 7) is 2.04. The van der Waals surface area contributed by atoms with Crippen molar-refractivity contribution in [3.8, 4) is 0 Å². The highest BCUT2D eigenvalue weighted by Gasteiger charge is 2.16. The number of carbonyl (C=O) groups is 1. The Morgan fingerprint density at radius 2 is 2.06 bits per heavy atom. The van der Waals surface area contributed by atoms with Crippen molar-refractivity contribution in [3.05, 3.63) is 35.9 Å². The fraction of sp³-hybridized carbons (Fsp3) is 0.500. The monoisotopic (exact) mass is 283 g/mol. The van der Waals surface area contributed by atoms with Crippen LogP contribution in [0.1, 0.15) is 18.9 Å². The average molecular weight is 283 g/mol. The van der Waals surface area contributed by atoms with Crippen LogP contribution in [0.15, 0.2) is 30.3 Å². The lowest BCUT2D eigenvalue weighted by Gasteiger charge is -2.16. The molecule has 0 aliphatic heterocycles. The molecule has 1 aromatic rings. The molecule has 18 heavy (non-hydrogen) atoms. The summed E-state index contributed by atoms with van der Waals surface area (Å²) in [5.41, 5.74) is 1.14. The van der Waals surface area contributed by atoms with Gasteiger partial charge in [-0.25, -0.2) is 0 Å². The molecule has 0 spiro atoms. The molecular weight excluding hydrogens is 262 g/mol. The van der Waals surface area contributed by atoms with Gasteiger partial charge in [-0.15, -0.1) is 0 Å². The maximum atomic E-state index is 11.9. The lowest BCUT2D eigenvalue weighted by Crippen LogP contribution is -2.39. The molecule has 1 aromatic carbocycles. The third-order valence-corrected chi connectivity index (χ3v) is 3.78. The fourth-order valence-corrected chi connectivity index (χ4v) is 2.51. The van der Waals surface area contributed by atoms with Gasteiger partial charge in [0.25, 0.3) is 0 Å². The standard InChI is InChI=1S/C14H21NOS2/c1-11(8-9-18-2)15-14(16)13(17)10-12-6-4-3-5-7-12/h3-7,11,13,17H,8-10H2,1-2H3,(H,15,16). The van der Waals surface area contributed by atoms with E-state index in [1.165, 1.54) is 0 Å². The second kappa shape index (κ2) is 8.48. The topological polar surface area (TPSA) is 29.1 Å². The highest BCUT2D eigenvalue weighted by Crippen LogP contribution is 2.08. The lowest BCUT2D eigenvalue weighted by atomic mass is 10.1. The van der Waals surface area contributed by atoms with Crippen molar-refractivity contribution >= 4 is 30.3 Å². The summed E-state index contributed by atoms with van der Waals surface area (Å²) in [5.74, 6) is 1.09. The Labute approximate surface area is 119 Å². The third-order valence-electron chi connectivity index (χ3n) is 2.72. The first-order valence-electron chi connectivity index (χ1n) is 6.14. The van der Waals surface area contributed by atoms with Crippen LogP contribution in [-0.4, -0.2) is 29.2 Å². The van der Waals surface area contributed by atoms with Crippen LogP contribution in [0.5, 0.6) is 0 Å². The number of hydrogen-bond donors (Lipinski definition) is 2. The van der Waals surface area contributed by atoms with E-state index in [0.717, 1.165) is 17.7 Å². The maximum absolute atomic E-state index is 11.9. The summed E-state index contributed by atoms with van der Waals surface area (Å²) >= 11 is 6.18. The van der Waals surface area contributed by atoms with Gasteiger partial charge >= 0.3 is 0 Å². The van der Waals surface area contributed by atoms with Crippen LogP contribution >= 0.6 is 24.4 Å². The second-order valence-corrected chi connectivity index (χ2v) is 6.01. The van der Waals surface area contributed by atoms with E-state index < -0.39 is 0 Å². The summed E-state index contributed by atoms with van der Waals surface area (Å²) in [6, 6.07) is 10.2. The van der Waals surface area contributed by atoms with E-state index in [0.29, 0.717) is 6.42 Å². The minimum atomic E-state index is -0.274. The molecule has 0 aromatic heterocycles. The van der Waals surface area contributed by atoms with E-state index in [2.05, 4.69) is 24.2 Å². The zero-order chi connectivity index (χ0) is 13.4. The number of thioether (sulfide) groups is 1. The average Bonchev–Trinajstić information content (AvgIpc) is 2.37. The number of benzene rings is 1. The van der Waals surface area contributed by atoms with Gasteiger partial charge in [0.05, 0.1) is 5.25 Å². The molecule has 1 amide bonds. The van der Waals surface area contributed by atoms with Crippen molar-refractivity contribution in [3.63, 3.8) is 0 Å². The first kappa shape index (κ1) is 15.4. The summed E-state index contributed by atoms with van der Waals surface area (Å²) in [6.07, 6.45) is 3.75. The van der Waals surface area contributed by atoms with Crippen LogP contribution in [0, 0.1) is 0 Å². The second-order valence-electron chi connectivity index (χ2n) is 4.40. The first-order valence-corrected chi connectivity index (χ1v) is 8.05. The Kier molecular flexibility index (Phi) is 7.28. The molecule has 0 fully saturated rings. The molecule has 2 atom stereocenters. The van der Waals surface area contributed by atoms with E-state index in [4.69, 9.17) is 0 Å². The zero-order valence-corrected chi connectivity index (χ0v) is 12.6. The molecule has 100 valence electrons. The molecule has 0 aliphatic rings. The summed E-state index contributed by atoms with van der Waals surface area (Å²) in [7, 11) is 0. The SMILES string of the molecule is CSCCC(C)NC(=O)C(S)Cc1ccccc1. The van der Waals surface area contributed by atoms with Crippen molar-refractivity contribution in [2.24, 2.45) is 0 Å². The third kappa shape index (κ3) is 5.83. The van der Waals surface area contributed by atoms with Crippen LogP contribution in [0.25, 0.3) is 0 Å². The summed E-state index contributed by atoms with van der Waals surface area (Å²) in [5, 5.41) is 2.73. The fourth-order valence-electron chi connectivity index (χ4n) is 1.64. The van der Waals surface area contributed by atoms with Gasteiger partial charge in [0.2, 0.25) is 5.91 Å². The van der Waals surface area contributed by atoms with Crippen molar-refractivity contribution in [2.45, 2.75) is 31.1 Å². The van der Waals surface area contributed by atoms with Crippen LogP contribution in [0.3, 0.4) is 0 Å². The largest absolute Gasteiger partial charge is 0.353 e. The van der Waals surface area contributed by atoms with E-state index in [9.17, 15) is 4.79 Å². The predicted molar refractivity (Wildman–Crippen MR) is 83.5 cm³/mol. The van der Waals surface area contributed by atoms with E-state index in [1.54, 1.807) is 11.8 Å². The zero-order valence-electron chi connectivity index (χ0n) is 10.9. The minimum Gasteiger partial charge on any atom is -0.353 e. The highest BCUT2D eigenvalue weighted by molar-refractivity contribution is 7.98. The highest BCUT2D eigenvalue weighted by atomic mass is 32.2. The Hall–Kier alpha value is -0.610. The Bertz CT molecular complexity index is 356. The molecule has 1 rings (SSSR count). The van der Waals surface area contributed by atoms with Crippen LogP contribution in [-0.2, 0) is 11.2 Å². The van der Waals surface area contributed by atoms with Crippen molar-refractivity contribution in [2.75, 3.05) is 12.0 Å². The van der Waals surface area contributed by atoms with Crippen molar-refractivity contribution in [1.82, 2.24) is 5.32 Å². The first-order chi connectivity index (χ1) is 8.63. The number of hydrogen-bond acceptors (Lipinski definition) is 3. The van der Waals surface area contributed by atoms with Gasteiger partial charge in [0, 0.05) is 6.04 Å². The molecule has 0 saturated heterocycles. The minimum absolute atomic E-state index is 0.0239. The molecule has 0 saturated carbocycles. The van der Waals surface area contributed by atoms with Crippen molar-refractivity contribution in [1.29, 1.82) is 0 Å². The molecule has 2 nitrogen and oxygen atoms in total. The van der Waals surface area contributed by atoms with Gasteiger partial charge in [0.15, 0.2) is 0 Å². The number of rotatable bonds is 7. The van der Waals surface area contributed by atoms with Crippen molar-refractivity contribution < 1.29 is 4.79 Å². The van der Waals surface area contributed by atoms with E-state index >= 15 is 0 Å². The van der Waals surface area contributed by atoms with Gasteiger partial charge in [-0.2, -0.15) is 24.4 Å². The maximum Gasteiger partial charge on any atom is 0.233 e. The van der Waals surface area contributed by atoms with E-state index in [-0.39, 0.29) is 17.2 Å². The number of thiol groups is 1. The Morgan fingerprint density at radius 3 is 2.67 bits per heavy atom. The quantitative estimate of drug-likeness (QED) is 0.754. The van der Waals surface area contributed by atoms with Gasteiger partial charge in [-0.1, -0.05) is 30.3 Å². The van der Waals surface area contributed by atoms with Crippen LogP contribution < -0.4 is 5.32 Å². The van der Waals surface area contributed by atoms with Gasteiger partial charge in [-0.05, 0) is 37.3 Å². The molecule has 0 bridgehead atoms.